The minimum Gasteiger partial charge on any atom is -0.400 e. The van der Waals surface area contributed by atoms with Gasteiger partial charge in [0, 0.05) is 99.0 Å². The van der Waals surface area contributed by atoms with E-state index >= 15 is 0 Å². The molecule has 9 heteroatoms. The van der Waals surface area contributed by atoms with Gasteiger partial charge in [0.05, 0.1) is 4.92 Å². The topological polar surface area (TPSA) is 130 Å². The van der Waals surface area contributed by atoms with Crippen LogP contribution in [0.25, 0.3) is 0 Å². The molecule has 4 fully saturated rings. The van der Waals surface area contributed by atoms with Crippen molar-refractivity contribution in [3.8, 4) is 0 Å². The minimum atomic E-state index is -0.360. The number of aliphatic hydroxyl groups is 1. The van der Waals surface area contributed by atoms with Crippen LogP contribution in [0.4, 0.5) is 22.7 Å². The molecule has 4 aliphatic rings. The van der Waals surface area contributed by atoms with Gasteiger partial charge in [0.1, 0.15) is 11.6 Å². The van der Waals surface area contributed by atoms with Crippen molar-refractivity contribution in [2.75, 3.05) is 48.8 Å². The Bertz CT molecular complexity index is 1240. The van der Waals surface area contributed by atoms with E-state index in [0.29, 0.717) is 35.2 Å². The van der Waals surface area contributed by atoms with Crippen molar-refractivity contribution in [1.82, 2.24) is 0 Å². The van der Waals surface area contributed by atoms with Crippen molar-refractivity contribution in [2.24, 2.45) is 10.8 Å². The van der Waals surface area contributed by atoms with Crippen LogP contribution in [0.3, 0.4) is 0 Å². The van der Waals surface area contributed by atoms with Gasteiger partial charge in [-0.15, -0.1) is 0 Å². The molecule has 2 saturated heterocycles. The number of anilines is 3. The molecular formula is C31H42N4O5. The van der Waals surface area contributed by atoms with Gasteiger partial charge in [-0.1, -0.05) is 0 Å². The summed E-state index contributed by atoms with van der Waals surface area (Å²) in [6.45, 7) is 8.17. The number of nitro groups is 1. The molecule has 2 aliphatic carbocycles. The number of hydrogen-bond donors (Lipinski definition) is 2. The predicted molar refractivity (Wildman–Crippen MR) is 158 cm³/mol. The third-order valence-electron chi connectivity index (χ3n) is 9.14. The SMILES string of the molecule is CO.Cc1cc(N)ccc1N1CC2(CCC(=O)CC2)C1.Cc1cc([N+](=O)[O-])ccc1N1CC2(CCC(=O)CC2)C1. The Kier molecular flexibility index (Phi) is 8.83. The molecular weight excluding hydrogens is 508 g/mol. The third-order valence-corrected chi connectivity index (χ3v) is 9.14. The molecule has 2 saturated carbocycles. The summed E-state index contributed by atoms with van der Waals surface area (Å²) in [5.41, 5.74) is 12.1. The maximum atomic E-state index is 11.3. The molecule has 6 rings (SSSR count). The average Bonchev–Trinajstić information content (AvgIpc) is 2.89. The molecule has 2 aliphatic heterocycles. The number of Topliss-reactive ketones (excluding diaryl/α,β-unsaturated/α-hetero) is 2. The zero-order chi connectivity index (χ0) is 29.1. The highest BCUT2D eigenvalue weighted by atomic mass is 16.6. The summed E-state index contributed by atoms with van der Waals surface area (Å²) in [5.74, 6) is 0.836. The highest BCUT2D eigenvalue weighted by molar-refractivity contribution is 5.80. The third kappa shape index (κ3) is 6.30. The van der Waals surface area contributed by atoms with Crippen molar-refractivity contribution in [2.45, 2.75) is 65.2 Å². The maximum absolute atomic E-state index is 11.3. The predicted octanol–water partition coefficient (Wildman–Crippen LogP) is 4.99. The van der Waals surface area contributed by atoms with Gasteiger partial charge in [0.15, 0.2) is 0 Å². The maximum Gasteiger partial charge on any atom is 0.269 e. The number of nitrogens with zero attached hydrogens (tertiary/aromatic N) is 3. The van der Waals surface area contributed by atoms with E-state index in [9.17, 15) is 19.7 Å². The minimum absolute atomic E-state index is 0.143. The standard InChI is InChI=1S/C15H18N2O3.C15H20N2O.CH4O/c1-11-8-12(17(19)20)2-3-14(11)16-9-15(10-16)6-4-13(18)5-7-15;1-11-8-12(16)2-3-14(11)17-9-15(10-17)6-4-13(18)5-7-15;1-2/h2-3,8H,4-7,9-10H2,1H3;2-3,8H,4-7,9-10,16H2,1H3;2H,1H3. The van der Waals surface area contributed by atoms with Crippen LogP contribution < -0.4 is 15.5 Å². The lowest BCUT2D eigenvalue weighted by molar-refractivity contribution is -0.384. The van der Waals surface area contributed by atoms with Crippen LogP contribution in [0.2, 0.25) is 0 Å². The summed E-state index contributed by atoms with van der Waals surface area (Å²) >= 11 is 0. The van der Waals surface area contributed by atoms with Gasteiger partial charge in [0.25, 0.3) is 5.69 Å². The lowest BCUT2D eigenvalue weighted by atomic mass is 9.68. The largest absolute Gasteiger partial charge is 0.400 e. The number of nitrogen functional groups attached to an aromatic ring is 1. The van der Waals surface area contributed by atoms with Gasteiger partial charge < -0.3 is 20.6 Å². The number of nitrogens with two attached hydrogens (primary N) is 1. The Morgan fingerprint density at radius 2 is 1.15 bits per heavy atom. The van der Waals surface area contributed by atoms with E-state index in [0.717, 1.165) is 88.8 Å². The first kappa shape index (κ1) is 29.5. The van der Waals surface area contributed by atoms with Gasteiger partial charge in [0.2, 0.25) is 0 Å². The van der Waals surface area contributed by atoms with E-state index in [2.05, 4.69) is 22.8 Å². The number of benzene rings is 2. The van der Waals surface area contributed by atoms with Crippen molar-refractivity contribution in [3.05, 3.63) is 57.6 Å². The van der Waals surface area contributed by atoms with Crippen molar-refractivity contribution < 1.29 is 19.6 Å². The molecule has 0 radical (unpaired) electrons. The van der Waals surface area contributed by atoms with Gasteiger partial charge in [-0.3, -0.25) is 19.7 Å². The Morgan fingerprint density at radius 3 is 1.52 bits per heavy atom. The zero-order valence-corrected chi connectivity index (χ0v) is 23.9. The lowest BCUT2D eigenvalue weighted by Crippen LogP contribution is -2.58. The molecule has 2 heterocycles. The second kappa shape index (κ2) is 12.0. The van der Waals surface area contributed by atoms with Crippen LogP contribution in [-0.4, -0.2) is 54.9 Å². The van der Waals surface area contributed by atoms with Gasteiger partial charge >= 0.3 is 0 Å². The number of aliphatic hydroxyl groups excluding tert-OH is 1. The van der Waals surface area contributed by atoms with Gasteiger partial charge in [-0.25, -0.2) is 0 Å². The molecule has 0 bridgehead atoms. The lowest BCUT2D eigenvalue weighted by Gasteiger charge is -2.53. The number of carbonyl (C=O) groups is 2. The first-order valence-electron chi connectivity index (χ1n) is 14.2. The summed E-state index contributed by atoms with van der Waals surface area (Å²) < 4.78 is 0. The van der Waals surface area contributed by atoms with Crippen molar-refractivity contribution in [1.29, 1.82) is 0 Å². The second-order valence-electron chi connectivity index (χ2n) is 12.1. The van der Waals surface area contributed by atoms with Crippen LogP contribution in [0, 0.1) is 34.8 Å². The quantitative estimate of drug-likeness (QED) is 0.311. The average molecular weight is 551 g/mol. The zero-order valence-electron chi connectivity index (χ0n) is 23.9. The molecule has 0 aromatic heterocycles. The Balaban J connectivity index is 0.000000175. The number of nitro benzene ring substituents is 1. The molecule has 0 unspecified atom stereocenters. The van der Waals surface area contributed by atoms with Crippen molar-refractivity contribution in [3.63, 3.8) is 0 Å². The fourth-order valence-electron chi connectivity index (χ4n) is 6.76. The normalized spacial score (nSPS) is 20.5. The highest BCUT2D eigenvalue weighted by Crippen LogP contribution is 2.46. The highest BCUT2D eigenvalue weighted by Gasteiger charge is 2.46. The van der Waals surface area contributed by atoms with E-state index in [1.165, 1.54) is 11.3 Å². The van der Waals surface area contributed by atoms with E-state index in [1.807, 2.05) is 25.1 Å². The molecule has 216 valence electrons. The van der Waals surface area contributed by atoms with Gasteiger partial charge in [-0.05, 0) is 74.9 Å². The molecule has 3 N–H and O–H groups in total. The van der Waals surface area contributed by atoms with E-state index < -0.39 is 0 Å². The number of ketones is 2. The Labute approximate surface area is 236 Å². The Hall–Kier alpha value is -3.46. The first-order valence-corrected chi connectivity index (χ1v) is 14.2. The van der Waals surface area contributed by atoms with Crippen LogP contribution in [0.5, 0.6) is 0 Å². The smallest absolute Gasteiger partial charge is 0.269 e. The van der Waals surface area contributed by atoms with Crippen LogP contribution >= 0.6 is 0 Å². The molecule has 2 spiro atoms. The molecule has 9 nitrogen and oxygen atoms in total. The van der Waals surface area contributed by atoms with E-state index in [-0.39, 0.29) is 10.6 Å². The summed E-state index contributed by atoms with van der Waals surface area (Å²) in [5, 5.41) is 17.8. The summed E-state index contributed by atoms with van der Waals surface area (Å²) in [4.78, 5) is 37.7. The summed E-state index contributed by atoms with van der Waals surface area (Å²) in [6.07, 6.45) is 7.15. The van der Waals surface area contributed by atoms with Crippen LogP contribution in [0.15, 0.2) is 36.4 Å². The summed E-state index contributed by atoms with van der Waals surface area (Å²) in [6, 6.07) is 11.2. The van der Waals surface area contributed by atoms with Crippen LogP contribution in [-0.2, 0) is 9.59 Å². The number of hydrogen-bond acceptors (Lipinski definition) is 8. The fourth-order valence-corrected chi connectivity index (χ4v) is 6.76. The van der Waals surface area contributed by atoms with Crippen LogP contribution in [0.1, 0.15) is 62.5 Å². The molecule has 2 aromatic rings. The number of rotatable bonds is 3. The molecule has 40 heavy (non-hydrogen) atoms. The fraction of sp³-hybridized carbons (Fsp3) is 0.548. The van der Waals surface area contributed by atoms with E-state index in [4.69, 9.17) is 10.8 Å². The number of carbonyl (C=O) groups excluding carboxylic acids is 2. The molecule has 0 amide bonds. The van der Waals surface area contributed by atoms with Crippen molar-refractivity contribution >= 4 is 34.3 Å². The Morgan fingerprint density at radius 1 is 0.750 bits per heavy atom. The number of aryl methyl sites for hydroxylation is 2. The molecule has 0 atom stereocenters. The molecule has 2 aromatic carbocycles. The van der Waals surface area contributed by atoms with E-state index in [1.54, 1.807) is 12.1 Å². The summed E-state index contributed by atoms with van der Waals surface area (Å²) in [7, 11) is 1.00. The monoisotopic (exact) mass is 550 g/mol. The first-order chi connectivity index (χ1) is 19.1. The number of non-ortho nitro benzene ring substituents is 1. The van der Waals surface area contributed by atoms with Gasteiger partial charge in [-0.2, -0.15) is 0 Å². The second-order valence-corrected chi connectivity index (χ2v) is 12.1.